The summed E-state index contributed by atoms with van der Waals surface area (Å²) in [5.74, 6) is 0.309. The van der Waals surface area contributed by atoms with Gasteiger partial charge in [-0.25, -0.2) is 4.79 Å². The van der Waals surface area contributed by atoms with Crippen molar-refractivity contribution in [2.75, 3.05) is 12.4 Å². The minimum Gasteiger partial charge on any atom is -0.465 e. The van der Waals surface area contributed by atoms with E-state index >= 15 is 0 Å². The number of rotatable bonds is 4. The van der Waals surface area contributed by atoms with Crippen LogP contribution in [0.2, 0.25) is 0 Å². The predicted molar refractivity (Wildman–Crippen MR) is 60.3 cm³/mol. The second-order valence-electron chi connectivity index (χ2n) is 3.25. The van der Waals surface area contributed by atoms with Gasteiger partial charge in [0.05, 0.1) is 6.04 Å². The van der Waals surface area contributed by atoms with E-state index in [0.29, 0.717) is 12.4 Å². The third-order valence-corrected chi connectivity index (χ3v) is 2.49. The first kappa shape index (κ1) is 11.9. The molecular formula is C11H14ClNO2. The highest BCUT2D eigenvalue weighted by molar-refractivity contribution is 6.18. The summed E-state index contributed by atoms with van der Waals surface area (Å²) >= 11 is 5.57. The third kappa shape index (κ3) is 3.13. The molecule has 0 radical (unpaired) electrons. The summed E-state index contributed by atoms with van der Waals surface area (Å²) in [6, 6.07) is 9.36. The van der Waals surface area contributed by atoms with Crippen molar-refractivity contribution in [3.63, 3.8) is 0 Å². The summed E-state index contributed by atoms with van der Waals surface area (Å²) in [4.78, 5) is 12.3. The smallest absolute Gasteiger partial charge is 0.407 e. The number of amides is 1. The number of nitrogens with zero attached hydrogens (tertiary/aromatic N) is 1. The first-order valence-electron chi connectivity index (χ1n) is 4.77. The largest absolute Gasteiger partial charge is 0.465 e. The lowest BCUT2D eigenvalue weighted by Crippen LogP contribution is -2.33. The van der Waals surface area contributed by atoms with E-state index in [4.69, 9.17) is 16.7 Å². The predicted octanol–water partition coefficient (Wildman–Crippen LogP) is 2.97. The first-order chi connectivity index (χ1) is 7.16. The summed E-state index contributed by atoms with van der Waals surface area (Å²) in [6.45, 7) is 2.20. The summed E-state index contributed by atoms with van der Waals surface area (Å²) in [5, 5.41) is 9.00. The fourth-order valence-corrected chi connectivity index (χ4v) is 1.64. The van der Waals surface area contributed by atoms with Crippen molar-refractivity contribution in [2.24, 2.45) is 0 Å². The lowest BCUT2D eigenvalue weighted by Gasteiger charge is -2.25. The lowest BCUT2D eigenvalue weighted by molar-refractivity contribution is 0.131. The van der Waals surface area contributed by atoms with Crippen LogP contribution in [0.5, 0.6) is 0 Å². The van der Waals surface area contributed by atoms with Crippen molar-refractivity contribution < 1.29 is 9.90 Å². The van der Waals surface area contributed by atoms with Crippen LogP contribution in [0.3, 0.4) is 0 Å². The molecule has 0 bridgehead atoms. The number of carboxylic acid groups (broad SMARTS) is 1. The molecular weight excluding hydrogens is 214 g/mol. The van der Waals surface area contributed by atoms with Gasteiger partial charge in [-0.1, -0.05) is 30.3 Å². The van der Waals surface area contributed by atoms with Crippen molar-refractivity contribution in [2.45, 2.75) is 13.0 Å². The van der Waals surface area contributed by atoms with Gasteiger partial charge >= 0.3 is 6.09 Å². The monoisotopic (exact) mass is 227 g/mol. The van der Waals surface area contributed by atoms with Crippen molar-refractivity contribution in [3.8, 4) is 0 Å². The highest BCUT2D eigenvalue weighted by Crippen LogP contribution is 2.19. The number of benzene rings is 1. The molecule has 0 aliphatic heterocycles. The Morgan fingerprint density at radius 3 is 2.53 bits per heavy atom. The Labute approximate surface area is 94.3 Å². The van der Waals surface area contributed by atoms with Gasteiger partial charge in [-0.2, -0.15) is 0 Å². The molecule has 0 heterocycles. The van der Waals surface area contributed by atoms with E-state index in [9.17, 15) is 4.79 Å². The molecule has 1 atom stereocenters. The molecule has 1 unspecified atom stereocenters. The molecule has 0 aliphatic carbocycles. The zero-order chi connectivity index (χ0) is 11.3. The Kier molecular flexibility index (Phi) is 4.43. The maximum atomic E-state index is 11.0. The molecule has 0 fully saturated rings. The lowest BCUT2D eigenvalue weighted by atomic mass is 10.1. The number of hydrogen-bond donors (Lipinski definition) is 1. The third-order valence-electron chi connectivity index (χ3n) is 2.32. The fourth-order valence-electron chi connectivity index (χ4n) is 1.46. The molecule has 15 heavy (non-hydrogen) atoms. The molecule has 82 valence electrons. The maximum Gasteiger partial charge on any atom is 0.407 e. The van der Waals surface area contributed by atoms with E-state index in [1.165, 1.54) is 4.90 Å². The van der Waals surface area contributed by atoms with Crippen LogP contribution in [0.25, 0.3) is 0 Å². The van der Waals surface area contributed by atoms with Crippen LogP contribution in [0, 0.1) is 0 Å². The molecule has 0 spiro atoms. The molecule has 0 saturated carbocycles. The van der Waals surface area contributed by atoms with Crippen LogP contribution in [0.1, 0.15) is 18.5 Å². The van der Waals surface area contributed by atoms with E-state index < -0.39 is 6.09 Å². The van der Waals surface area contributed by atoms with Gasteiger partial charge < -0.3 is 10.0 Å². The molecule has 3 nitrogen and oxygen atoms in total. The number of carbonyl (C=O) groups is 1. The number of hydrogen-bond acceptors (Lipinski definition) is 1. The van der Waals surface area contributed by atoms with Crippen molar-refractivity contribution in [1.29, 1.82) is 0 Å². The van der Waals surface area contributed by atoms with Crippen LogP contribution < -0.4 is 0 Å². The Bertz CT molecular complexity index is 316. The van der Waals surface area contributed by atoms with Gasteiger partial charge in [-0.15, -0.1) is 11.6 Å². The summed E-state index contributed by atoms with van der Waals surface area (Å²) in [7, 11) is 0. The van der Waals surface area contributed by atoms with Crippen molar-refractivity contribution in [1.82, 2.24) is 4.90 Å². The van der Waals surface area contributed by atoms with Gasteiger partial charge in [0.15, 0.2) is 0 Å². The molecule has 1 rings (SSSR count). The Hall–Kier alpha value is -1.22. The minimum atomic E-state index is -0.938. The van der Waals surface area contributed by atoms with E-state index in [2.05, 4.69) is 0 Å². The summed E-state index contributed by atoms with van der Waals surface area (Å²) in [6.07, 6.45) is -0.938. The standard InChI is InChI=1S/C11H14ClNO2/c1-9(10-5-3-2-4-6-10)13(8-7-12)11(14)15/h2-6,9H,7-8H2,1H3,(H,14,15). The second kappa shape index (κ2) is 5.61. The van der Waals surface area contributed by atoms with Gasteiger partial charge in [0.25, 0.3) is 0 Å². The molecule has 0 aromatic heterocycles. The Morgan fingerprint density at radius 1 is 1.47 bits per heavy atom. The van der Waals surface area contributed by atoms with E-state index in [-0.39, 0.29) is 6.04 Å². The van der Waals surface area contributed by atoms with Crippen LogP contribution in [0.15, 0.2) is 30.3 Å². The van der Waals surface area contributed by atoms with Crippen LogP contribution in [-0.4, -0.2) is 28.5 Å². The molecule has 4 heteroatoms. The van der Waals surface area contributed by atoms with E-state index in [1.807, 2.05) is 37.3 Å². The average molecular weight is 228 g/mol. The average Bonchev–Trinajstić information content (AvgIpc) is 2.26. The van der Waals surface area contributed by atoms with E-state index in [0.717, 1.165) is 5.56 Å². The summed E-state index contributed by atoms with van der Waals surface area (Å²) in [5.41, 5.74) is 0.977. The Balaban J connectivity index is 2.81. The Morgan fingerprint density at radius 2 is 2.07 bits per heavy atom. The normalized spacial score (nSPS) is 12.1. The molecule has 1 N–H and O–H groups in total. The van der Waals surface area contributed by atoms with Crippen LogP contribution in [-0.2, 0) is 0 Å². The second-order valence-corrected chi connectivity index (χ2v) is 3.63. The SMILES string of the molecule is CC(c1ccccc1)N(CCCl)C(=O)O. The van der Waals surface area contributed by atoms with Gasteiger partial charge in [-0.3, -0.25) is 0 Å². The van der Waals surface area contributed by atoms with E-state index in [1.54, 1.807) is 0 Å². The van der Waals surface area contributed by atoms with Crippen molar-refractivity contribution in [3.05, 3.63) is 35.9 Å². The number of halogens is 1. The quantitative estimate of drug-likeness (QED) is 0.804. The van der Waals surface area contributed by atoms with Gasteiger partial charge in [0.1, 0.15) is 0 Å². The highest BCUT2D eigenvalue weighted by atomic mass is 35.5. The topological polar surface area (TPSA) is 40.5 Å². The molecule has 1 aromatic carbocycles. The molecule has 1 aromatic rings. The molecule has 1 amide bonds. The van der Waals surface area contributed by atoms with Gasteiger partial charge in [-0.05, 0) is 12.5 Å². The highest BCUT2D eigenvalue weighted by Gasteiger charge is 2.19. The molecule has 0 saturated heterocycles. The van der Waals surface area contributed by atoms with Crippen LogP contribution >= 0.6 is 11.6 Å². The van der Waals surface area contributed by atoms with Crippen molar-refractivity contribution >= 4 is 17.7 Å². The molecule has 0 aliphatic rings. The number of alkyl halides is 1. The van der Waals surface area contributed by atoms with Gasteiger partial charge in [0, 0.05) is 12.4 Å². The maximum absolute atomic E-state index is 11.0. The zero-order valence-corrected chi connectivity index (χ0v) is 9.31. The zero-order valence-electron chi connectivity index (χ0n) is 8.56. The summed E-state index contributed by atoms with van der Waals surface area (Å²) < 4.78 is 0. The minimum absolute atomic E-state index is 0.164. The first-order valence-corrected chi connectivity index (χ1v) is 5.30. The van der Waals surface area contributed by atoms with Gasteiger partial charge in [0.2, 0.25) is 0 Å². The van der Waals surface area contributed by atoms with Crippen LogP contribution in [0.4, 0.5) is 4.79 Å². The fraction of sp³-hybridized carbons (Fsp3) is 0.364.